The zero-order valence-electron chi connectivity index (χ0n) is 10.7. The minimum Gasteiger partial charge on any atom is -0.297 e. The normalized spacial score (nSPS) is 14.2. The summed E-state index contributed by atoms with van der Waals surface area (Å²) in [5, 5.41) is 0.440. The molecule has 1 aromatic rings. The Morgan fingerprint density at radius 3 is 2.38 bits per heavy atom. The van der Waals surface area contributed by atoms with E-state index in [1.807, 2.05) is 0 Å². The fourth-order valence-corrected chi connectivity index (χ4v) is 1.57. The van der Waals surface area contributed by atoms with Gasteiger partial charge in [-0.25, -0.2) is 4.98 Å². The van der Waals surface area contributed by atoms with E-state index in [4.69, 9.17) is 11.6 Å². The molecule has 1 atom stereocenters. The Balaban J connectivity index is 2.64. The van der Waals surface area contributed by atoms with Crippen LogP contribution in [-0.4, -0.2) is 28.0 Å². The van der Waals surface area contributed by atoms with Gasteiger partial charge in [0.1, 0.15) is 5.15 Å². The van der Waals surface area contributed by atoms with E-state index in [0.717, 1.165) is 12.2 Å². The van der Waals surface area contributed by atoms with Crippen molar-refractivity contribution in [1.82, 2.24) is 14.9 Å². The first-order chi connectivity index (χ1) is 7.30. The van der Waals surface area contributed by atoms with Crippen molar-refractivity contribution in [2.75, 3.05) is 7.05 Å². The third kappa shape index (κ3) is 3.72. The monoisotopic (exact) mass is 241 g/mol. The molecule has 4 heteroatoms. The average Bonchev–Trinajstić information content (AvgIpc) is 2.19. The lowest BCUT2D eigenvalue weighted by Gasteiger charge is -2.35. The molecule has 0 saturated heterocycles. The maximum absolute atomic E-state index is 5.70. The van der Waals surface area contributed by atoms with Crippen molar-refractivity contribution in [3.8, 4) is 0 Å². The molecular formula is C12H20ClN3. The predicted molar refractivity (Wildman–Crippen MR) is 67.4 cm³/mol. The van der Waals surface area contributed by atoms with E-state index in [0.29, 0.717) is 11.2 Å². The molecule has 0 aromatic carbocycles. The van der Waals surface area contributed by atoms with Crippen molar-refractivity contribution in [2.45, 2.75) is 40.3 Å². The molecule has 0 radical (unpaired) electrons. The van der Waals surface area contributed by atoms with E-state index in [1.165, 1.54) is 0 Å². The molecule has 90 valence electrons. The third-order valence-electron chi connectivity index (χ3n) is 3.00. The fourth-order valence-electron chi connectivity index (χ4n) is 1.47. The van der Waals surface area contributed by atoms with Gasteiger partial charge in [0.15, 0.2) is 0 Å². The second kappa shape index (κ2) is 5.11. The summed E-state index contributed by atoms with van der Waals surface area (Å²) < 4.78 is 0. The molecular weight excluding hydrogens is 222 g/mol. The highest BCUT2D eigenvalue weighted by Crippen LogP contribution is 2.23. The topological polar surface area (TPSA) is 29.0 Å². The SMILES string of the molecule is CC(N(C)Cc1cnc(Cl)cn1)C(C)(C)C. The second-order valence-corrected chi connectivity index (χ2v) is 5.67. The number of hydrogen-bond acceptors (Lipinski definition) is 3. The first kappa shape index (κ1) is 13.4. The minimum atomic E-state index is 0.259. The van der Waals surface area contributed by atoms with Crippen LogP contribution in [0.4, 0.5) is 0 Å². The summed E-state index contributed by atoms with van der Waals surface area (Å²) in [6.07, 6.45) is 3.32. The highest BCUT2D eigenvalue weighted by Gasteiger charge is 2.23. The van der Waals surface area contributed by atoms with Crippen LogP contribution in [0.3, 0.4) is 0 Å². The first-order valence-electron chi connectivity index (χ1n) is 5.47. The standard InChI is InChI=1S/C12H20ClN3/c1-9(12(2,3)4)16(5)8-10-6-15-11(13)7-14-10/h6-7,9H,8H2,1-5H3. The van der Waals surface area contributed by atoms with Crippen molar-refractivity contribution in [3.05, 3.63) is 23.2 Å². The number of rotatable bonds is 3. The van der Waals surface area contributed by atoms with Gasteiger partial charge in [0.05, 0.1) is 18.1 Å². The Morgan fingerprint density at radius 1 is 1.31 bits per heavy atom. The maximum Gasteiger partial charge on any atom is 0.147 e. The van der Waals surface area contributed by atoms with E-state index >= 15 is 0 Å². The highest BCUT2D eigenvalue weighted by molar-refractivity contribution is 6.29. The molecule has 0 spiro atoms. The van der Waals surface area contributed by atoms with Gasteiger partial charge in [0, 0.05) is 12.6 Å². The quantitative estimate of drug-likeness (QED) is 0.815. The Labute approximate surface area is 103 Å². The Morgan fingerprint density at radius 2 is 1.94 bits per heavy atom. The van der Waals surface area contributed by atoms with Crippen LogP contribution in [-0.2, 0) is 6.54 Å². The third-order valence-corrected chi connectivity index (χ3v) is 3.19. The van der Waals surface area contributed by atoms with E-state index in [9.17, 15) is 0 Å². The van der Waals surface area contributed by atoms with Crippen LogP contribution in [0.15, 0.2) is 12.4 Å². The summed E-state index contributed by atoms with van der Waals surface area (Å²) in [7, 11) is 2.10. The summed E-state index contributed by atoms with van der Waals surface area (Å²) in [4.78, 5) is 10.6. The zero-order valence-corrected chi connectivity index (χ0v) is 11.4. The molecule has 0 aliphatic carbocycles. The largest absolute Gasteiger partial charge is 0.297 e. The van der Waals surface area contributed by atoms with Crippen molar-refractivity contribution in [2.24, 2.45) is 5.41 Å². The molecule has 0 saturated carbocycles. The number of halogens is 1. The molecule has 0 N–H and O–H groups in total. The molecule has 0 bridgehead atoms. The van der Waals surface area contributed by atoms with Gasteiger partial charge < -0.3 is 0 Å². The summed E-state index contributed by atoms with van der Waals surface area (Å²) in [5.41, 5.74) is 1.21. The van der Waals surface area contributed by atoms with Gasteiger partial charge in [0.2, 0.25) is 0 Å². The number of nitrogens with zero attached hydrogens (tertiary/aromatic N) is 3. The van der Waals surface area contributed by atoms with Crippen LogP contribution in [0.1, 0.15) is 33.4 Å². The van der Waals surface area contributed by atoms with Crippen LogP contribution in [0.25, 0.3) is 0 Å². The smallest absolute Gasteiger partial charge is 0.147 e. The number of hydrogen-bond donors (Lipinski definition) is 0. The molecule has 1 rings (SSSR count). The van der Waals surface area contributed by atoms with Crippen molar-refractivity contribution in [3.63, 3.8) is 0 Å². The van der Waals surface area contributed by atoms with Gasteiger partial charge in [-0.1, -0.05) is 32.4 Å². The average molecular weight is 242 g/mol. The van der Waals surface area contributed by atoms with E-state index < -0.39 is 0 Å². The maximum atomic E-state index is 5.70. The van der Waals surface area contributed by atoms with Gasteiger partial charge in [-0.2, -0.15) is 0 Å². The lowest BCUT2D eigenvalue weighted by Crippen LogP contribution is -2.38. The molecule has 16 heavy (non-hydrogen) atoms. The van der Waals surface area contributed by atoms with Crippen LogP contribution in [0, 0.1) is 5.41 Å². The lowest BCUT2D eigenvalue weighted by atomic mass is 9.87. The van der Waals surface area contributed by atoms with Crippen LogP contribution in [0.5, 0.6) is 0 Å². The van der Waals surface area contributed by atoms with Crippen LogP contribution < -0.4 is 0 Å². The van der Waals surface area contributed by atoms with E-state index in [-0.39, 0.29) is 5.41 Å². The Hall–Kier alpha value is -0.670. The van der Waals surface area contributed by atoms with Crippen LogP contribution in [0.2, 0.25) is 5.15 Å². The molecule has 1 aromatic heterocycles. The van der Waals surface area contributed by atoms with E-state index in [2.05, 4.69) is 49.6 Å². The molecule has 0 aliphatic heterocycles. The molecule has 3 nitrogen and oxygen atoms in total. The Bertz CT molecular complexity index is 329. The van der Waals surface area contributed by atoms with E-state index in [1.54, 1.807) is 12.4 Å². The molecule has 0 aliphatic rings. The van der Waals surface area contributed by atoms with Gasteiger partial charge in [-0.15, -0.1) is 0 Å². The molecule has 1 heterocycles. The fraction of sp³-hybridized carbons (Fsp3) is 0.667. The summed E-state index contributed by atoms with van der Waals surface area (Å²) in [5.74, 6) is 0. The van der Waals surface area contributed by atoms with Crippen molar-refractivity contribution < 1.29 is 0 Å². The molecule has 0 amide bonds. The predicted octanol–water partition coefficient (Wildman–Crippen LogP) is 3.00. The van der Waals surface area contributed by atoms with Crippen molar-refractivity contribution in [1.29, 1.82) is 0 Å². The number of aromatic nitrogens is 2. The Kier molecular flexibility index (Phi) is 4.28. The van der Waals surface area contributed by atoms with Crippen molar-refractivity contribution >= 4 is 11.6 Å². The summed E-state index contributed by atoms with van der Waals surface area (Å²) >= 11 is 5.70. The molecule has 1 unspecified atom stereocenters. The molecule has 0 fully saturated rings. The van der Waals surface area contributed by atoms with Gasteiger partial charge in [-0.05, 0) is 19.4 Å². The van der Waals surface area contributed by atoms with Gasteiger partial charge in [0.25, 0.3) is 0 Å². The van der Waals surface area contributed by atoms with Gasteiger partial charge >= 0.3 is 0 Å². The van der Waals surface area contributed by atoms with Crippen LogP contribution >= 0.6 is 11.6 Å². The minimum absolute atomic E-state index is 0.259. The first-order valence-corrected chi connectivity index (χ1v) is 5.85. The summed E-state index contributed by atoms with van der Waals surface area (Å²) in [6, 6.07) is 0.477. The second-order valence-electron chi connectivity index (χ2n) is 5.29. The lowest BCUT2D eigenvalue weighted by molar-refractivity contribution is 0.133. The highest BCUT2D eigenvalue weighted by atomic mass is 35.5. The zero-order chi connectivity index (χ0) is 12.3. The van der Waals surface area contributed by atoms with Gasteiger partial charge in [-0.3, -0.25) is 9.88 Å². The summed E-state index contributed by atoms with van der Waals surface area (Å²) in [6.45, 7) is 9.73.